The Balaban J connectivity index is 2.41. The standard InChI is InChI=1S/C17H19FO4/c1-3-5-7-12-10-11-8-9-13(22-14(19)6-4-2)16(18)15(11)17(20)21-12/h8-10H,3-7H2,1-2H3. The van der Waals surface area contributed by atoms with E-state index in [0.717, 1.165) is 12.8 Å². The summed E-state index contributed by atoms with van der Waals surface area (Å²) < 4.78 is 24.5. The SMILES string of the molecule is CCCCc1cc2ccc(OC(=O)CCC)c(F)c2c(=O)o1. The molecule has 0 bridgehead atoms. The van der Waals surface area contributed by atoms with Gasteiger partial charge in [-0.3, -0.25) is 4.79 Å². The second-order valence-electron chi connectivity index (χ2n) is 5.17. The fraction of sp³-hybridized carbons (Fsp3) is 0.412. The lowest BCUT2D eigenvalue weighted by molar-refractivity contribution is -0.134. The average molecular weight is 306 g/mol. The zero-order chi connectivity index (χ0) is 16.1. The highest BCUT2D eigenvalue weighted by Gasteiger charge is 2.16. The molecule has 4 nitrogen and oxygen atoms in total. The van der Waals surface area contributed by atoms with Gasteiger partial charge >= 0.3 is 11.6 Å². The van der Waals surface area contributed by atoms with Gasteiger partial charge in [0.2, 0.25) is 0 Å². The van der Waals surface area contributed by atoms with Gasteiger partial charge in [0.25, 0.3) is 0 Å². The van der Waals surface area contributed by atoms with Gasteiger partial charge in [-0.1, -0.05) is 26.3 Å². The average Bonchev–Trinajstić information content (AvgIpc) is 2.48. The van der Waals surface area contributed by atoms with Gasteiger partial charge in [-0.05, 0) is 30.4 Å². The van der Waals surface area contributed by atoms with Crippen molar-refractivity contribution in [2.24, 2.45) is 0 Å². The molecular formula is C17H19FO4. The molecule has 5 heteroatoms. The Hall–Kier alpha value is -2.17. The molecule has 1 aromatic carbocycles. The van der Waals surface area contributed by atoms with Crippen molar-refractivity contribution in [3.05, 3.63) is 40.2 Å². The Morgan fingerprint density at radius 3 is 2.73 bits per heavy atom. The van der Waals surface area contributed by atoms with Gasteiger partial charge < -0.3 is 9.15 Å². The maximum Gasteiger partial charge on any atom is 0.346 e. The van der Waals surface area contributed by atoms with Crippen LogP contribution < -0.4 is 10.4 Å². The molecule has 0 saturated carbocycles. The van der Waals surface area contributed by atoms with Crippen LogP contribution in [0.5, 0.6) is 5.75 Å². The maximum atomic E-state index is 14.4. The van der Waals surface area contributed by atoms with E-state index < -0.39 is 17.4 Å². The normalized spacial score (nSPS) is 10.9. The van der Waals surface area contributed by atoms with Crippen molar-refractivity contribution >= 4 is 16.7 Å². The predicted molar refractivity (Wildman–Crippen MR) is 81.6 cm³/mol. The van der Waals surface area contributed by atoms with Gasteiger partial charge in [-0.2, -0.15) is 0 Å². The number of esters is 1. The van der Waals surface area contributed by atoms with Crippen LogP contribution in [0.4, 0.5) is 4.39 Å². The third-order valence-electron chi connectivity index (χ3n) is 3.34. The van der Waals surface area contributed by atoms with Crippen LogP contribution in [0.1, 0.15) is 45.3 Å². The number of hydrogen-bond donors (Lipinski definition) is 0. The molecule has 1 aromatic heterocycles. The number of halogens is 1. The number of ether oxygens (including phenoxy) is 1. The van der Waals surface area contributed by atoms with E-state index in [4.69, 9.17) is 9.15 Å². The second-order valence-corrected chi connectivity index (χ2v) is 5.17. The van der Waals surface area contributed by atoms with Crippen molar-refractivity contribution in [1.82, 2.24) is 0 Å². The summed E-state index contributed by atoms with van der Waals surface area (Å²) in [5.41, 5.74) is -0.741. The van der Waals surface area contributed by atoms with Gasteiger partial charge in [0, 0.05) is 12.8 Å². The van der Waals surface area contributed by atoms with Crippen molar-refractivity contribution in [1.29, 1.82) is 0 Å². The lowest BCUT2D eigenvalue weighted by Crippen LogP contribution is -2.10. The zero-order valence-corrected chi connectivity index (χ0v) is 12.8. The Kier molecular flexibility index (Phi) is 5.31. The Bertz CT molecular complexity index is 733. The summed E-state index contributed by atoms with van der Waals surface area (Å²) in [4.78, 5) is 23.5. The van der Waals surface area contributed by atoms with Crippen LogP contribution in [0.25, 0.3) is 10.8 Å². The molecule has 0 fully saturated rings. The van der Waals surface area contributed by atoms with Gasteiger partial charge in [-0.25, -0.2) is 9.18 Å². The maximum absolute atomic E-state index is 14.4. The van der Waals surface area contributed by atoms with Crippen LogP contribution in [-0.4, -0.2) is 5.97 Å². The molecule has 0 aliphatic carbocycles. The molecular weight excluding hydrogens is 287 g/mol. The van der Waals surface area contributed by atoms with E-state index >= 15 is 0 Å². The largest absolute Gasteiger partial charge is 0.427 e. The van der Waals surface area contributed by atoms with Crippen molar-refractivity contribution in [2.45, 2.75) is 46.0 Å². The number of fused-ring (bicyclic) bond motifs is 1. The molecule has 22 heavy (non-hydrogen) atoms. The molecule has 0 radical (unpaired) electrons. The van der Waals surface area contributed by atoms with Crippen LogP contribution in [0.2, 0.25) is 0 Å². The summed E-state index contributed by atoms with van der Waals surface area (Å²) in [7, 11) is 0. The molecule has 1 heterocycles. The van der Waals surface area contributed by atoms with E-state index in [2.05, 4.69) is 0 Å². The fourth-order valence-electron chi connectivity index (χ4n) is 2.20. The Morgan fingerprint density at radius 1 is 1.27 bits per heavy atom. The van der Waals surface area contributed by atoms with Gasteiger partial charge in [0.15, 0.2) is 11.6 Å². The third kappa shape index (κ3) is 3.53. The Morgan fingerprint density at radius 2 is 2.05 bits per heavy atom. The summed E-state index contributed by atoms with van der Waals surface area (Å²) in [5, 5.41) is 0.275. The van der Waals surface area contributed by atoms with Crippen LogP contribution in [0.3, 0.4) is 0 Å². The number of hydrogen-bond acceptors (Lipinski definition) is 4. The van der Waals surface area contributed by atoms with Crippen LogP contribution in [0.15, 0.2) is 27.4 Å². The first-order chi connectivity index (χ1) is 10.6. The van der Waals surface area contributed by atoms with Crippen LogP contribution >= 0.6 is 0 Å². The highest BCUT2D eigenvalue weighted by molar-refractivity contribution is 5.84. The molecule has 0 aliphatic heterocycles. The van der Waals surface area contributed by atoms with Gasteiger partial charge in [0.1, 0.15) is 11.1 Å². The van der Waals surface area contributed by atoms with Crippen molar-refractivity contribution < 1.29 is 18.3 Å². The number of carbonyl (C=O) groups is 1. The van der Waals surface area contributed by atoms with E-state index in [0.29, 0.717) is 24.0 Å². The zero-order valence-electron chi connectivity index (χ0n) is 12.8. The van der Waals surface area contributed by atoms with E-state index in [-0.39, 0.29) is 17.6 Å². The first-order valence-electron chi connectivity index (χ1n) is 7.52. The van der Waals surface area contributed by atoms with Crippen LogP contribution in [-0.2, 0) is 11.2 Å². The minimum absolute atomic E-state index is 0.179. The molecule has 0 saturated heterocycles. The molecule has 0 aliphatic rings. The predicted octanol–water partition coefficient (Wildman–Crippen LogP) is 3.98. The molecule has 0 atom stereocenters. The van der Waals surface area contributed by atoms with Crippen LogP contribution in [0, 0.1) is 5.82 Å². The summed E-state index contributed by atoms with van der Waals surface area (Å²) >= 11 is 0. The molecule has 0 N–H and O–H groups in total. The number of rotatable bonds is 6. The highest BCUT2D eigenvalue weighted by Crippen LogP contribution is 2.25. The molecule has 2 aromatic rings. The summed E-state index contributed by atoms with van der Waals surface area (Å²) in [6, 6.07) is 4.60. The van der Waals surface area contributed by atoms with Crippen molar-refractivity contribution in [3.63, 3.8) is 0 Å². The Labute approximate surface area is 127 Å². The number of benzene rings is 1. The molecule has 0 unspecified atom stereocenters. The third-order valence-corrected chi connectivity index (χ3v) is 3.34. The van der Waals surface area contributed by atoms with Gasteiger partial charge in [-0.15, -0.1) is 0 Å². The van der Waals surface area contributed by atoms with E-state index in [9.17, 15) is 14.0 Å². The summed E-state index contributed by atoms with van der Waals surface area (Å²) in [5.74, 6) is -1.07. The lowest BCUT2D eigenvalue weighted by Gasteiger charge is -2.07. The number of carbonyl (C=O) groups excluding carboxylic acids is 1. The second kappa shape index (κ2) is 7.20. The van der Waals surface area contributed by atoms with E-state index in [1.54, 1.807) is 12.1 Å². The lowest BCUT2D eigenvalue weighted by atomic mass is 10.1. The minimum atomic E-state index is -0.849. The topological polar surface area (TPSA) is 56.5 Å². The smallest absolute Gasteiger partial charge is 0.346 e. The van der Waals surface area contributed by atoms with E-state index in [1.165, 1.54) is 6.07 Å². The first-order valence-corrected chi connectivity index (χ1v) is 7.52. The fourth-order valence-corrected chi connectivity index (χ4v) is 2.20. The monoisotopic (exact) mass is 306 g/mol. The van der Waals surface area contributed by atoms with Crippen molar-refractivity contribution in [3.8, 4) is 5.75 Å². The molecule has 0 amide bonds. The summed E-state index contributed by atoms with van der Waals surface area (Å²) in [6.07, 6.45) is 3.31. The van der Waals surface area contributed by atoms with E-state index in [1.807, 2.05) is 13.8 Å². The molecule has 0 spiro atoms. The summed E-state index contributed by atoms with van der Waals surface area (Å²) in [6.45, 7) is 3.86. The highest BCUT2D eigenvalue weighted by atomic mass is 19.1. The number of aryl methyl sites for hydroxylation is 1. The quantitative estimate of drug-likeness (QED) is 0.598. The molecule has 2 rings (SSSR count). The minimum Gasteiger partial charge on any atom is -0.427 e. The van der Waals surface area contributed by atoms with Gasteiger partial charge in [0.05, 0.1) is 0 Å². The first kappa shape index (κ1) is 16.2. The molecule has 118 valence electrons. The van der Waals surface area contributed by atoms with Crippen molar-refractivity contribution in [2.75, 3.05) is 0 Å². The number of unbranched alkanes of at least 4 members (excludes halogenated alkanes) is 1.